The highest BCUT2D eigenvalue weighted by Gasteiger charge is 1.88. The second kappa shape index (κ2) is 16.1. The number of aliphatic carboxylic acids is 2. The number of carbonyl (C=O) groups excluding carboxylic acids is 2. The first-order chi connectivity index (χ1) is 9.17. The van der Waals surface area contributed by atoms with Gasteiger partial charge in [-0.3, -0.25) is 9.59 Å². The molecule has 112 valence electrons. The maximum Gasteiger partial charge on any atom is 0.328 e. The summed E-state index contributed by atoms with van der Waals surface area (Å²) in [5, 5.41) is 15.6. The van der Waals surface area contributed by atoms with Crippen molar-refractivity contribution in [2.45, 2.75) is 13.8 Å². The number of hydrogen-bond donors (Lipinski definition) is 2. The Bertz CT molecular complexity index is 345. The first-order valence-corrected chi connectivity index (χ1v) is 4.87. The quantitative estimate of drug-likeness (QED) is 0.447. The molecule has 0 fully saturated rings. The molecule has 0 saturated carbocycles. The van der Waals surface area contributed by atoms with E-state index in [9.17, 15) is 19.2 Å². The predicted molar refractivity (Wildman–Crippen MR) is 68.3 cm³/mol. The molecular formula is C12H16O8. The number of rotatable bonds is 4. The van der Waals surface area contributed by atoms with E-state index in [0.717, 1.165) is 12.5 Å². The lowest BCUT2D eigenvalue weighted by atomic mass is 10.5. The molecule has 8 heteroatoms. The molecule has 0 aromatic rings. The highest BCUT2D eigenvalue weighted by molar-refractivity contribution is 5.89. The Morgan fingerprint density at radius 2 is 1.05 bits per heavy atom. The number of carbonyl (C=O) groups is 4. The molecule has 0 spiro atoms. The lowest BCUT2D eigenvalue weighted by Gasteiger charge is -1.83. The lowest BCUT2D eigenvalue weighted by molar-refractivity contribution is -0.136. The second-order valence-electron chi connectivity index (χ2n) is 2.56. The number of carboxylic acids is 2. The van der Waals surface area contributed by atoms with Gasteiger partial charge in [0.2, 0.25) is 0 Å². The van der Waals surface area contributed by atoms with Crippen LogP contribution in [0, 0.1) is 0 Å². The number of esters is 2. The second-order valence-corrected chi connectivity index (χ2v) is 2.56. The summed E-state index contributed by atoms with van der Waals surface area (Å²) in [6.07, 6.45) is 3.31. The van der Waals surface area contributed by atoms with E-state index in [0.29, 0.717) is 12.2 Å². The van der Waals surface area contributed by atoms with E-state index in [1.807, 2.05) is 0 Å². The van der Waals surface area contributed by atoms with Gasteiger partial charge in [-0.1, -0.05) is 13.2 Å². The Hall–Kier alpha value is -2.90. The predicted octanol–water partition coefficient (Wildman–Crippen LogP) is 1.10. The average molecular weight is 288 g/mol. The van der Waals surface area contributed by atoms with Crippen molar-refractivity contribution in [1.29, 1.82) is 0 Å². The third kappa shape index (κ3) is 45.8. The summed E-state index contributed by atoms with van der Waals surface area (Å²) in [5.74, 6) is -3.17. The average Bonchev–Trinajstić information content (AvgIpc) is 2.27. The van der Waals surface area contributed by atoms with E-state index in [1.54, 1.807) is 0 Å². The van der Waals surface area contributed by atoms with Crippen molar-refractivity contribution >= 4 is 23.9 Å². The molecule has 0 aliphatic carbocycles. The van der Waals surface area contributed by atoms with E-state index in [4.69, 9.17) is 10.2 Å². The molecule has 0 heterocycles. The van der Waals surface area contributed by atoms with Crippen LogP contribution in [0.1, 0.15) is 13.8 Å². The summed E-state index contributed by atoms with van der Waals surface area (Å²) in [4.78, 5) is 38.6. The van der Waals surface area contributed by atoms with Gasteiger partial charge in [-0.15, -0.1) is 0 Å². The lowest BCUT2D eigenvalue weighted by Crippen LogP contribution is -1.91. The van der Waals surface area contributed by atoms with Crippen LogP contribution in [0.15, 0.2) is 37.8 Å². The van der Waals surface area contributed by atoms with Crippen molar-refractivity contribution in [2.75, 3.05) is 0 Å². The summed E-state index contributed by atoms with van der Waals surface area (Å²) >= 11 is 0. The zero-order valence-corrected chi connectivity index (χ0v) is 11.1. The third-order valence-corrected chi connectivity index (χ3v) is 0.867. The van der Waals surface area contributed by atoms with Gasteiger partial charge in [-0.25, -0.2) is 9.59 Å². The standard InChI is InChI=1S/C4H4O4.2C4H6O2/c5-3(6)1-2-4(7)8;2*1-3-6-4(2)5/h1-2H,(H,5,6)(H,7,8);2*3H,1H2,2H3/b2-1-;;. The van der Waals surface area contributed by atoms with Crippen LogP contribution in [0.4, 0.5) is 0 Å². The Labute approximate surface area is 115 Å². The van der Waals surface area contributed by atoms with E-state index < -0.39 is 11.9 Å². The van der Waals surface area contributed by atoms with Gasteiger partial charge in [-0.2, -0.15) is 0 Å². The van der Waals surface area contributed by atoms with E-state index >= 15 is 0 Å². The van der Waals surface area contributed by atoms with Gasteiger partial charge in [0, 0.05) is 26.0 Å². The molecule has 0 aliphatic heterocycles. The number of hydrogen-bond acceptors (Lipinski definition) is 6. The molecule has 0 aliphatic rings. The van der Waals surface area contributed by atoms with E-state index in [1.165, 1.54) is 13.8 Å². The molecular weight excluding hydrogens is 272 g/mol. The maximum absolute atomic E-state index is 9.75. The third-order valence-electron chi connectivity index (χ3n) is 0.867. The fourth-order valence-electron chi connectivity index (χ4n) is 0.377. The summed E-state index contributed by atoms with van der Waals surface area (Å²) < 4.78 is 8.33. The molecule has 2 N–H and O–H groups in total. The summed E-state index contributed by atoms with van der Waals surface area (Å²) in [6, 6.07) is 0. The van der Waals surface area contributed by atoms with Crippen LogP contribution in [0.5, 0.6) is 0 Å². The molecule has 0 saturated heterocycles. The summed E-state index contributed by atoms with van der Waals surface area (Å²) in [5.41, 5.74) is 0. The molecule has 0 atom stereocenters. The first-order valence-electron chi connectivity index (χ1n) is 4.87. The highest BCUT2D eigenvalue weighted by Crippen LogP contribution is 1.71. The molecule has 8 nitrogen and oxygen atoms in total. The zero-order valence-electron chi connectivity index (χ0n) is 11.1. The molecule has 0 unspecified atom stereocenters. The Balaban J connectivity index is -0.000000221. The minimum Gasteiger partial charge on any atom is -0.478 e. The first kappa shape index (κ1) is 22.3. The smallest absolute Gasteiger partial charge is 0.328 e. The molecule has 0 rings (SSSR count). The Morgan fingerprint density at radius 1 is 0.800 bits per heavy atom. The monoisotopic (exact) mass is 288 g/mol. The van der Waals surface area contributed by atoms with Gasteiger partial charge in [0.15, 0.2) is 0 Å². The van der Waals surface area contributed by atoms with Gasteiger partial charge in [0.05, 0.1) is 12.5 Å². The van der Waals surface area contributed by atoms with Crippen molar-refractivity contribution in [3.8, 4) is 0 Å². The highest BCUT2D eigenvalue weighted by atomic mass is 16.5. The van der Waals surface area contributed by atoms with Crippen LogP contribution in [-0.2, 0) is 28.7 Å². The van der Waals surface area contributed by atoms with Crippen molar-refractivity contribution in [1.82, 2.24) is 0 Å². The van der Waals surface area contributed by atoms with Crippen molar-refractivity contribution < 1.29 is 38.9 Å². The van der Waals surface area contributed by atoms with E-state index in [-0.39, 0.29) is 11.9 Å². The Kier molecular flexibility index (Phi) is 17.9. The fourth-order valence-corrected chi connectivity index (χ4v) is 0.377. The topological polar surface area (TPSA) is 127 Å². The fraction of sp³-hybridized carbons (Fsp3) is 0.167. The van der Waals surface area contributed by atoms with Gasteiger partial charge in [0.25, 0.3) is 0 Å². The van der Waals surface area contributed by atoms with Gasteiger partial charge in [-0.05, 0) is 0 Å². The van der Waals surface area contributed by atoms with Crippen molar-refractivity contribution in [3.05, 3.63) is 37.8 Å². The zero-order chi connectivity index (χ0) is 16.6. The Morgan fingerprint density at radius 3 is 1.10 bits per heavy atom. The number of carboxylic acid groups (broad SMARTS) is 2. The van der Waals surface area contributed by atoms with E-state index in [2.05, 4.69) is 22.6 Å². The van der Waals surface area contributed by atoms with Crippen LogP contribution < -0.4 is 0 Å². The molecule has 0 aromatic carbocycles. The summed E-state index contributed by atoms with van der Waals surface area (Å²) in [6.45, 7) is 8.96. The van der Waals surface area contributed by atoms with Crippen LogP contribution in [0.3, 0.4) is 0 Å². The minimum atomic E-state index is -1.26. The molecule has 0 bridgehead atoms. The van der Waals surface area contributed by atoms with Crippen LogP contribution in [0.2, 0.25) is 0 Å². The van der Waals surface area contributed by atoms with Gasteiger partial charge < -0.3 is 19.7 Å². The molecule has 0 radical (unpaired) electrons. The van der Waals surface area contributed by atoms with Gasteiger partial charge >= 0.3 is 23.9 Å². The SMILES string of the molecule is C=COC(C)=O.C=COC(C)=O.O=C(O)/C=C\C(=O)O. The molecule has 0 amide bonds. The summed E-state index contributed by atoms with van der Waals surface area (Å²) in [7, 11) is 0. The molecule has 0 aromatic heterocycles. The maximum atomic E-state index is 9.75. The normalized spacial score (nSPS) is 7.90. The van der Waals surface area contributed by atoms with Crippen LogP contribution in [-0.4, -0.2) is 34.1 Å². The van der Waals surface area contributed by atoms with Crippen LogP contribution >= 0.6 is 0 Å². The van der Waals surface area contributed by atoms with Gasteiger partial charge in [0.1, 0.15) is 0 Å². The minimum absolute atomic E-state index is 0.329. The van der Waals surface area contributed by atoms with Crippen molar-refractivity contribution in [2.24, 2.45) is 0 Å². The van der Waals surface area contributed by atoms with Crippen molar-refractivity contribution in [3.63, 3.8) is 0 Å². The molecule has 20 heavy (non-hydrogen) atoms. The largest absolute Gasteiger partial charge is 0.478 e. The van der Waals surface area contributed by atoms with Crippen LogP contribution in [0.25, 0.3) is 0 Å². The number of ether oxygens (including phenoxy) is 2.